The fourth-order valence-corrected chi connectivity index (χ4v) is 3.42. The monoisotopic (exact) mass is 427 g/mol. The van der Waals surface area contributed by atoms with Gasteiger partial charge in [-0.1, -0.05) is 31.2 Å². The number of halogens is 1. The molecule has 2 aromatic carbocycles. The normalized spacial score (nSPS) is 18.0. The van der Waals surface area contributed by atoms with Crippen LogP contribution in [0.15, 0.2) is 48.5 Å². The van der Waals surface area contributed by atoms with Gasteiger partial charge >= 0.3 is 12.0 Å². The van der Waals surface area contributed by atoms with E-state index in [1.54, 1.807) is 31.2 Å². The summed E-state index contributed by atoms with van der Waals surface area (Å²) in [6, 6.07) is 11.1. The van der Waals surface area contributed by atoms with Crippen molar-refractivity contribution in [2.45, 2.75) is 25.4 Å². The van der Waals surface area contributed by atoms with Crippen LogP contribution in [0.5, 0.6) is 0 Å². The zero-order valence-corrected chi connectivity index (χ0v) is 17.1. The van der Waals surface area contributed by atoms with Crippen LogP contribution in [0.25, 0.3) is 0 Å². The number of carbonyl (C=O) groups is 4. The van der Waals surface area contributed by atoms with Gasteiger partial charge in [0.25, 0.3) is 5.91 Å². The fourth-order valence-electron chi connectivity index (χ4n) is 3.42. The Hall–Kier alpha value is -3.75. The third-order valence-corrected chi connectivity index (χ3v) is 5.21. The Morgan fingerprint density at radius 3 is 2.32 bits per heavy atom. The molecule has 1 saturated heterocycles. The molecule has 0 spiro atoms. The highest BCUT2D eigenvalue weighted by molar-refractivity contribution is 6.09. The van der Waals surface area contributed by atoms with Gasteiger partial charge in [0.1, 0.15) is 17.9 Å². The molecule has 0 aliphatic carbocycles. The predicted molar refractivity (Wildman–Crippen MR) is 108 cm³/mol. The number of nitrogens with zero attached hydrogens (tertiary/aromatic N) is 1. The van der Waals surface area contributed by atoms with E-state index < -0.39 is 41.7 Å². The van der Waals surface area contributed by atoms with Crippen molar-refractivity contribution < 1.29 is 28.3 Å². The minimum Gasteiger partial charge on any atom is -0.465 e. The van der Waals surface area contributed by atoms with Gasteiger partial charge in [-0.05, 0) is 41.8 Å². The topological polar surface area (TPSA) is 105 Å². The lowest BCUT2D eigenvalue weighted by Crippen LogP contribution is -2.44. The first-order valence-electron chi connectivity index (χ1n) is 9.65. The van der Waals surface area contributed by atoms with E-state index in [-0.39, 0.29) is 13.0 Å². The number of methoxy groups -OCH3 is 1. The van der Waals surface area contributed by atoms with E-state index in [9.17, 15) is 23.6 Å². The molecule has 31 heavy (non-hydrogen) atoms. The van der Waals surface area contributed by atoms with Gasteiger partial charge in [-0.2, -0.15) is 0 Å². The molecule has 1 aliphatic rings. The molecule has 1 heterocycles. The molecule has 1 atom stereocenters. The van der Waals surface area contributed by atoms with E-state index in [1.165, 1.54) is 31.4 Å². The van der Waals surface area contributed by atoms with Crippen LogP contribution < -0.4 is 10.6 Å². The molecule has 0 aromatic heterocycles. The molecule has 2 N–H and O–H groups in total. The average Bonchev–Trinajstić information content (AvgIpc) is 3.03. The van der Waals surface area contributed by atoms with Crippen molar-refractivity contribution in [1.29, 1.82) is 0 Å². The maximum absolute atomic E-state index is 13.3. The molecule has 162 valence electrons. The smallest absolute Gasteiger partial charge is 0.337 e. The van der Waals surface area contributed by atoms with E-state index in [1.807, 2.05) is 0 Å². The predicted octanol–water partition coefficient (Wildman–Crippen LogP) is 2.09. The third-order valence-electron chi connectivity index (χ3n) is 5.21. The zero-order chi connectivity index (χ0) is 22.6. The number of imide groups is 1. The molecule has 1 unspecified atom stereocenters. The van der Waals surface area contributed by atoms with Gasteiger partial charge in [0.15, 0.2) is 0 Å². The lowest BCUT2D eigenvalue weighted by molar-refractivity contribution is -0.135. The maximum atomic E-state index is 13.3. The second-order valence-corrected chi connectivity index (χ2v) is 7.05. The molecule has 8 nitrogen and oxygen atoms in total. The van der Waals surface area contributed by atoms with Gasteiger partial charge in [-0.15, -0.1) is 0 Å². The summed E-state index contributed by atoms with van der Waals surface area (Å²) < 4.78 is 17.9. The molecule has 9 heteroatoms. The first kappa shape index (κ1) is 21.9. The van der Waals surface area contributed by atoms with Crippen molar-refractivity contribution in [3.05, 3.63) is 71.0 Å². The Labute approximate surface area is 178 Å². The van der Waals surface area contributed by atoms with Crippen molar-refractivity contribution in [2.75, 3.05) is 13.7 Å². The molecular formula is C22H22FN3O5. The van der Waals surface area contributed by atoms with Gasteiger partial charge in [-0.25, -0.2) is 14.0 Å². The Balaban J connectivity index is 1.64. The summed E-state index contributed by atoms with van der Waals surface area (Å²) >= 11 is 0. The highest BCUT2D eigenvalue weighted by Gasteiger charge is 2.51. The third kappa shape index (κ3) is 4.40. The summed E-state index contributed by atoms with van der Waals surface area (Å²) in [4.78, 5) is 50.1. The van der Waals surface area contributed by atoms with Crippen LogP contribution in [0.3, 0.4) is 0 Å². The minimum atomic E-state index is -1.34. The summed E-state index contributed by atoms with van der Waals surface area (Å²) in [6.07, 6.45) is 0.244. The first-order valence-corrected chi connectivity index (χ1v) is 9.65. The van der Waals surface area contributed by atoms with Crippen molar-refractivity contribution in [2.24, 2.45) is 0 Å². The quantitative estimate of drug-likeness (QED) is 0.520. The fraction of sp³-hybridized carbons (Fsp3) is 0.273. The van der Waals surface area contributed by atoms with E-state index in [4.69, 9.17) is 0 Å². The molecule has 1 aliphatic heterocycles. The lowest BCUT2D eigenvalue weighted by Gasteiger charge is -2.25. The van der Waals surface area contributed by atoms with E-state index >= 15 is 0 Å². The number of urea groups is 1. The molecule has 4 amide bonds. The van der Waals surface area contributed by atoms with Crippen molar-refractivity contribution >= 4 is 23.8 Å². The summed E-state index contributed by atoms with van der Waals surface area (Å²) in [5.41, 5.74) is 0.221. The summed E-state index contributed by atoms with van der Waals surface area (Å²) in [5, 5.41) is 5.29. The van der Waals surface area contributed by atoms with Crippen LogP contribution in [0.2, 0.25) is 0 Å². The second-order valence-electron chi connectivity index (χ2n) is 7.05. The van der Waals surface area contributed by atoms with Crippen molar-refractivity contribution in [1.82, 2.24) is 15.5 Å². The van der Waals surface area contributed by atoms with Gasteiger partial charge in [0.2, 0.25) is 5.91 Å². The number of esters is 1. The zero-order valence-electron chi connectivity index (χ0n) is 17.1. The lowest BCUT2D eigenvalue weighted by atomic mass is 9.87. The minimum absolute atomic E-state index is 0.154. The molecule has 3 rings (SSSR count). The molecule has 2 aromatic rings. The number of hydrogen-bond acceptors (Lipinski definition) is 5. The largest absolute Gasteiger partial charge is 0.465 e. The van der Waals surface area contributed by atoms with Crippen LogP contribution in [0.1, 0.15) is 34.8 Å². The van der Waals surface area contributed by atoms with Crippen LogP contribution in [-0.2, 0) is 26.4 Å². The Morgan fingerprint density at radius 2 is 1.74 bits per heavy atom. The SMILES string of the molecule is CCC1(c2ccc(F)cc2)NC(=O)N(CC(=O)NCc2ccc(C(=O)OC)cc2)C1=O. The number of amides is 4. The van der Waals surface area contributed by atoms with Gasteiger partial charge in [-0.3, -0.25) is 14.5 Å². The average molecular weight is 427 g/mol. The maximum Gasteiger partial charge on any atom is 0.337 e. The van der Waals surface area contributed by atoms with Crippen LogP contribution in [0.4, 0.5) is 9.18 Å². The highest BCUT2D eigenvalue weighted by atomic mass is 19.1. The van der Waals surface area contributed by atoms with E-state index in [0.29, 0.717) is 11.1 Å². The second kappa shape index (κ2) is 8.95. The van der Waals surface area contributed by atoms with Crippen LogP contribution in [-0.4, -0.2) is 42.4 Å². The number of benzene rings is 2. The standard InChI is InChI=1S/C22H22FN3O5/c1-3-22(16-8-10-17(23)11-9-16)20(29)26(21(30)25-22)13-18(27)24-12-14-4-6-15(7-5-14)19(28)31-2/h4-11H,3,12-13H2,1-2H3,(H,24,27)(H,25,30). The van der Waals surface area contributed by atoms with Crippen molar-refractivity contribution in [3.63, 3.8) is 0 Å². The summed E-state index contributed by atoms with van der Waals surface area (Å²) in [6.45, 7) is 1.43. The Morgan fingerprint density at radius 1 is 1.10 bits per heavy atom. The number of nitrogens with one attached hydrogen (secondary N) is 2. The van der Waals surface area contributed by atoms with Crippen molar-refractivity contribution in [3.8, 4) is 0 Å². The van der Waals surface area contributed by atoms with Crippen LogP contribution >= 0.6 is 0 Å². The number of rotatable bonds is 7. The summed E-state index contributed by atoms with van der Waals surface area (Å²) in [5.74, 6) is -2.01. The molecule has 1 fully saturated rings. The van der Waals surface area contributed by atoms with Crippen LogP contribution in [0, 0.1) is 5.82 Å². The van der Waals surface area contributed by atoms with Gasteiger partial charge in [0, 0.05) is 6.54 Å². The Kier molecular flexibility index (Phi) is 6.33. The first-order chi connectivity index (χ1) is 14.8. The number of carbonyl (C=O) groups excluding carboxylic acids is 4. The number of hydrogen-bond donors (Lipinski definition) is 2. The van der Waals surface area contributed by atoms with Gasteiger partial charge in [0.05, 0.1) is 12.7 Å². The summed E-state index contributed by atoms with van der Waals surface area (Å²) in [7, 11) is 1.29. The molecular weight excluding hydrogens is 405 g/mol. The van der Waals surface area contributed by atoms with E-state index in [2.05, 4.69) is 15.4 Å². The molecule has 0 radical (unpaired) electrons. The molecule has 0 bridgehead atoms. The molecule has 0 saturated carbocycles. The number of ether oxygens (including phenoxy) is 1. The highest BCUT2D eigenvalue weighted by Crippen LogP contribution is 2.32. The van der Waals surface area contributed by atoms with Gasteiger partial charge < -0.3 is 15.4 Å². The Bertz CT molecular complexity index is 1010. The van der Waals surface area contributed by atoms with E-state index in [0.717, 1.165) is 10.5 Å².